The van der Waals surface area contributed by atoms with Crippen molar-refractivity contribution in [1.82, 2.24) is 5.32 Å². The number of nitro groups is 1. The van der Waals surface area contributed by atoms with Gasteiger partial charge >= 0.3 is 0 Å². The number of anilines is 1. The fraction of sp³-hybridized carbons (Fsp3) is 0.364. The molecule has 0 radical (unpaired) electrons. The number of benzene rings is 1. The monoisotopic (exact) mass is 269 g/mol. The highest BCUT2D eigenvalue weighted by Crippen LogP contribution is 2.29. The fourth-order valence-electron chi connectivity index (χ4n) is 1.54. The largest absolute Gasteiger partial charge is 0.399 e. The molecule has 8 heteroatoms. The molecule has 8 nitrogen and oxygen atoms in total. The van der Waals surface area contributed by atoms with Crippen LogP contribution in [0, 0.1) is 10.1 Å². The summed E-state index contributed by atoms with van der Waals surface area (Å²) in [6, 6.07) is 3.70. The Balaban J connectivity index is 2.97. The summed E-state index contributed by atoms with van der Waals surface area (Å²) in [5.74, 6) is -0.381. The van der Waals surface area contributed by atoms with Gasteiger partial charge in [0, 0.05) is 25.2 Å². The van der Waals surface area contributed by atoms with Crippen LogP contribution in [-0.4, -0.2) is 33.7 Å². The lowest BCUT2D eigenvalue weighted by Gasteiger charge is -2.18. The Morgan fingerprint density at radius 1 is 1.53 bits per heavy atom. The number of aliphatic hydroxyl groups excluding tert-OH is 2. The molecule has 1 amide bonds. The molecular weight excluding hydrogens is 254 g/mol. The summed E-state index contributed by atoms with van der Waals surface area (Å²) >= 11 is 0. The standard InChI is InChI=1S/C11H15N3O5/c1-6(15)13-5-10(16)11(17)8-4-7(12)2-3-9(8)14(18)19/h2-4,10-11,16-17H,5,12H2,1H3,(H,13,15). The van der Waals surface area contributed by atoms with E-state index in [9.17, 15) is 25.1 Å². The van der Waals surface area contributed by atoms with Crippen molar-refractivity contribution in [2.24, 2.45) is 0 Å². The highest BCUT2D eigenvalue weighted by Gasteiger charge is 2.26. The molecule has 0 aliphatic rings. The minimum absolute atomic E-state index is 0.0946. The Hall–Kier alpha value is -2.19. The first-order chi connectivity index (χ1) is 8.82. The Morgan fingerprint density at radius 3 is 2.68 bits per heavy atom. The predicted molar refractivity (Wildman–Crippen MR) is 67.2 cm³/mol. The van der Waals surface area contributed by atoms with Gasteiger partial charge in [-0.1, -0.05) is 0 Å². The number of nitrogens with two attached hydrogens (primary N) is 1. The first-order valence-electron chi connectivity index (χ1n) is 5.47. The average Bonchev–Trinajstić information content (AvgIpc) is 2.34. The molecule has 1 aromatic carbocycles. The van der Waals surface area contributed by atoms with Gasteiger partial charge in [0.15, 0.2) is 0 Å². The molecule has 0 heterocycles. The Bertz CT molecular complexity index is 491. The number of hydrogen-bond donors (Lipinski definition) is 4. The number of rotatable bonds is 5. The summed E-state index contributed by atoms with van der Waals surface area (Å²) in [5.41, 5.74) is 5.29. The normalized spacial score (nSPS) is 13.6. The van der Waals surface area contributed by atoms with Crippen LogP contribution in [-0.2, 0) is 4.79 Å². The van der Waals surface area contributed by atoms with Crippen LogP contribution in [0.4, 0.5) is 11.4 Å². The molecular formula is C11H15N3O5. The quantitative estimate of drug-likeness (QED) is 0.329. The van der Waals surface area contributed by atoms with Crippen LogP contribution in [0.2, 0.25) is 0 Å². The number of nitrogens with zero attached hydrogens (tertiary/aromatic N) is 1. The molecule has 0 spiro atoms. The van der Waals surface area contributed by atoms with E-state index in [1.54, 1.807) is 0 Å². The van der Waals surface area contributed by atoms with Gasteiger partial charge in [0.1, 0.15) is 12.2 Å². The Kier molecular flexibility index (Phi) is 4.79. The smallest absolute Gasteiger partial charge is 0.275 e. The second-order valence-corrected chi connectivity index (χ2v) is 4.02. The van der Waals surface area contributed by atoms with E-state index in [4.69, 9.17) is 5.73 Å². The maximum absolute atomic E-state index is 10.8. The lowest BCUT2D eigenvalue weighted by atomic mass is 10.0. The molecule has 0 aliphatic heterocycles. The number of amides is 1. The molecule has 1 rings (SSSR count). The summed E-state index contributed by atoms with van der Waals surface area (Å²) < 4.78 is 0. The molecule has 0 fully saturated rings. The first kappa shape index (κ1) is 14.9. The molecule has 5 N–H and O–H groups in total. The number of aliphatic hydroxyl groups is 2. The van der Waals surface area contributed by atoms with Gasteiger partial charge in [0.2, 0.25) is 5.91 Å². The number of nitro benzene ring substituents is 1. The van der Waals surface area contributed by atoms with Gasteiger partial charge in [-0.05, 0) is 12.1 Å². The van der Waals surface area contributed by atoms with Crippen LogP contribution in [0.25, 0.3) is 0 Å². The molecule has 19 heavy (non-hydrogen) atoms. The highest BCUT2D eigenvalue weighted by atomic mass is 16.6. The zero-order chi connectivity index (χ0) is 14.6. The van der Waals surface area contributed by atoms with Gasteiger partial charge in [-0.2, -0.15) is 0 Å². The van der Waals surface area contributed by atoms with E-state index in [1.165, 1.54) is 19.1 Å². The van der Waals surface area contributed by atoms with E-state index in [0.29, 0.717) is 0 Å². The Labute approximate surface area is 109 Å². The molecule has 1 aromatic rings. The van der Waals surface area contributed by atoms with Gasteiger partial charge in [0.05, 0.1) is 10.5 Å². The van der Waals surface area contributed by atoms with Crippen LogP contribution in [0.3, 0.4) is 0 Å². The van der Waals surface area contributed by atoms with Gasteiger partial charge in [-0.3, -0.25) is 14.9 Å². The van der Waals surface area contributed by atoms with Crippen LogP contribution in [0.5, 0.6) is 0 Å². The van der Waals surface area contributed by atoms with E-state index < -0.39 is 17.1 Å². The summed E-state index contributed by atoms with van der Waals surface area (Å²) in [6.45, 7) is 1.03. The average molecular weight is 269 g/mol. The van der Waals surface area contributed by atoms with Crippen LogP contribution in [0.15, 0.2) is 18.2 Å². The topological polar surface area (TPSA) is 139 Å². The van der Waals surface area contributed by atoms with E-state index in [2.05, 4.69) is 5.32 Å². The molecule has 2 unspecified atom stereocenters. The fourth-order valence-corrected chi connectivity index (χ4v) is 1.54. The number of hydrogen-bond acceptors (Lipinski definition) is 6. The lowest BCUT2D eigenvalue weighted by molar-refractivity contribution is -0.386. The third-order valence-electron chi connectivity index (χ3n) is 2.49. The molecule has 0 saturated carbocycles. The summed E-state index contributed by atoms with van der Waals surface area (Å²) in [7, 11) is 0. The summed E-state index contributed by atoms with van der Waals surface area (Å²) in [4.78, 5) is 20.9. The number of carbonyl (C=O) groups is 1. The summed E-state index contributed by atoms with van der Waals surface area (Å²) in [6.07, 6.45) is -2.89. The molecule has 0 bridgehead atoms. The van der Waals surface area contributed by atoms with Crippen molar-refractivity contribution in [3.05, 3.63) is 33.9 Å². The van der Waals surface area contributed by atoms with Crippen molar-refractivity contribution in [2.75, 3.05) is 12.3 Å². The third-order valence-corrected chi connectivity index (χ3v) is 2.49. The van der Waals surface area contributed by atoms with Gasteiger partial charge in [0.25, 0.3) is 5.69 Å². The van der Waals surface area contributed by atoms with Crippen molar-refractivity contribution in [1.29, 1.82) is 0 Å². The highest BCUT2D eigenvalue weighted by molar-refractivity contribution is 5.72. The number of nitrogen functional groups attached to an aromatic ring is 1. The van der Waals surface area contributed by atoms with Gasteiger partial charge in [-0.15, -0.1) is 0 Å². The van der Waals surface area contributed by atoms with Crippen molar-refractivity contribution in [3.63, 3.8) is 0 Å². The molecule has 0 saturated heterocycles. The SMILES string of the molecule is CC(=O)NCC(O)C(O)c1cc(N)ccc1[N+](=O)[O-]. The third kappa shape index (κ3) is 3.90. The maximum Gasteiger partial charge on any atom is 0.275 e. The minimum Gasteiger partial charge on any atom is -0.399 e. The van der Waals surface area contributed by atoms with Crippen molar-refractivity contribution in [3.8, 4) is 0 Å². The Morgan fingerprint density at radius 2 is 2.16 bits per heavy atom. The first-order valence-corrected chi connectivity index (χ1v) is 5.47. The van der Waals surface area contributed by atoms with Crippen molar-refractivity contribution >= 4 is 17.3 Å². The lowest BCUT2D eigenvalue weighted by Crippen LogP contribution is -2.34. The van der Waals surface area contributed by atoms with Crippen molar-refractivity contribution in [2.45, 2.75) is 19.1 Å². The maximum atomic E-state index is 10.8. The van der Waals surface area contributed by atoms with Gasteiger partial charge in [-0.25, -0.2) is 0 Å². The molecule has 0 aromatic heterocycles. The predicted octanol–water partition coefficient (Wildman–Crippen LogP) is -0.293. The second kappa shape index (κ2) is 6.12. The number of carbonyl (C=O) groups excluding carboxylic acids is 1. The molecule has 2 atom stereocenters. The van der Waals surface area contributed by atoms with Crippen molar-refractivity contribution < 1.29 is 19.9 Å². The van der Waals surface area contributed by atoms with E-state index in [-0.39, 0.29) is 29.4 Å². The van der Waals surface area contributed by atoms with Gasteiger partial charge < -0.3 is 21.3 Å². The minimum atomic E-state index is -1.52. The van der Waals surface area contributed by atoms with Crippen LogP contribution in [0.1, 0.15) is 18.6 Å². The second-order valence-electron chi connectivity index (χ2n) is 4.02. The molecule has 104 valence electrons. The molecule has 0 aliphatic carbocycles. The number of nitrogens with one attached hydrogen (secondary N) is 1. The zero-order valence-corrected chi connectivity index (χ0v) is 10.2. The van der Waals surface area contributed by atoms with E-state index in [1.807, 2.05) is 0 Å². The van der Waals surface area contributed by atoms with Crippen LogP contribution >= 0.6 is 0 Å². The zero-order valence-electron chi connectivity index (χ0n) is 10.2. The van der Waals surface area contributed by atoms with E-state index in [0.717, 1.165) is 6.07 Å². The van der Waals surface area contributed by atoms with Crippen LogP contribution < -0.4 is 11.1 Å². The van der Waals surface area contributed by atoms with E-state index >= 15 is 0 Å². The summed E-state index contributed by atoms with van der Waals surface area (Å²) in [5, 5.41) is 32.7.